The number of non-ortho nitro benzene ring substituents is 1. The van der Waals surface area contributed by atoms with Gasteiger partial charge in [-0.15, -0.1) is 0 Å². The zero-order valence-electron chi connectivity index (χ0n) is 15.9. The van der Waals surface area contributed by atoms with Crippen LogP contribution in [0.15, 0.2) is 47.3 Å². The molecular weight excluding hydrogens is 392 g/mol. The minimum Gasteiger partial charge on any atom is -0.363 e. The topological polar surface area (TPSA) is 139 Å². The lowest BCUT2D eigenvalue weighted by atomic mass is 10.2. The van der Waals surface area contributed by atoms with Crippen LogP contribution in [0.1, 0.15) is 5.82 Å². The number of aromatic amines is 1. The Labute approximate surface area is 169 Å². The molecule has 0 radical (unpaired) electrons. The van der Waals surface area contributed by atoms with Crippen LogP contribution in [0.3, 0.4) is 0 Å². The highest BCUT2D eigenvalue weighted by molar-refractivity contribution is 5.77. The molecule has 4 rings (SSSR count). The number of nitro groups is 2. The Morgan fingerprint density at radius 3 is 2.43 bits per heavy atom. The molecule has 3 aromatic rings. The summed E-state index contributed by atoms with van der Waals surface area (Å²) >= 11 is 0. The molecule has 0 spiro atoms. The summed E-state index contributed by atoms with van der Waals surface area (Å²) in [5, 5.41) is 22.8. The summed E-state index contributed by atoms with van der Waals surface area (Å²) in [7, 11) is 0. The third-order valence-corrected chi connectivity index (χ3v) is 5.11. The van der Waals surface area contributed by atoms with Crippen molar-refractivity contribution >= 4 is 28.0 Å². The highest BCUT2D eigenvalue weighted by Gasteiger charge is 2.26. The number of nitrogens with one attached hydrogen (secondary N) is 1. The highest BCUT2D eigenvalue weighted by atomic mass is 16.6. The van der Waals surface area contributed by atoms with E-state index in [9.17, 15) is 25.0 Å². The van der Waals surface area contributed by atoms with E-state index in [2.05, 4.69) is 14.9 Å². The van der Waals surface area contributed by atoms with Crippen molar-refractivity contribution in [2.45, 2.75) is 6.54 Å². The van der Waals surface area contributed by atoms with Gasteiger partial charge in [0.25, 0.3) is 16.9 Å². The number of aromatic nitrogens is 2. The summed E-state index contributed by atoms with van der Waals surface area (Å²) in [4.78, 5) is 44.5. The van der Waals surface area contributed by atoms with E-state index in [4.69, 9.17) is 0 Å². The first kappa shape index (κ1) is 19.5. The van der Waals surface area contributed by atoms with Crippen LogP contribution in [0.4, 0.5) is 17.1 Å². The summed E-state index contributed by atoms with van der Waals surface area (Å²) in [6.45, 7) is 2.68. The second-order valence-corrected chi connectivity index (χ2v) is 6.98. The second-order valence-electron chi connectivity index (χ2n) is 6.98. The first-order valence-corrected chi connectivity index (χ1v) is 9.30. The lowest BCUT2D eigenvalue weighted by Crippen LogP contribution is -2.46. The van der Waals surface area contributed by atoms with Gasteiger partial charge in [-0.05, 0) is 18.2 Å². The van der Waals surface area contributed by atoms with Gasteiger partial charge in [-0.25, -0.2) is 4.98 Å². The van der Waals surface area contributed by atoms with Crippen molar-refractivity contribution in [3.05, 3.63) is 78.9 Å². The maximum atomic E-state index is 12.2. The third kappa shape index (κ3) is 3.82. The fourth-order valence-electron chi connectivity index (χ4n) is 3.61. The molecule has 11 nitrogen and oxygen atoms in total. The van der Waals surface area contributed by atoms with Gasteiger partial charge in [0, 0.05) is 32.2 Å². The van der Waals surface area contributed by atoms with Crippen LogP contribution in [0.5, 0.6) is 0 Å². The summed E-state index contributed by atoms with van der Waals surface area (Å²) in [6, 6.07) is 10.8. The Balaban J connectivity index is 1.48. The molecule has 1 fully saturated rings. The van der Waals surface area contributed by atoms with Gasteiger partial charge in [0.1, 0.15) is 11.5 Å². The van der Waals surface area contributed by atoms with Gasteiger partial charge in [0.05, 0.1) is 33.4 Å². The number of benzene rings is 2. The molecule has 1 aliphatic heterocycles. The van der Waals surface area contributed by atoms with E-state index in [1.54, 1.807) is 18.2 Å². The number of rotatable bonds is 5. The smallest absolute Gasteiger partial charge is 0.299 e. The Hall–Kier alpha value is -3.86. The predicted molar refractivity (Wildman–Crippen MR) is 110 cm³/mol. The van der Waals surface area contributed by atoms with Crippen molar-refractivity contribution in [2.75, 3.05) is 31.1 Å². The van der Waals surface area contributed by atoms with Crippen molar-refractivity contribution in [1.29, 1.82) is 0 Å². The zero-order valence-corrected chi connectivity index (χ0v) is 15.9. The highest BCUT2D eigenvalue weighted by Crippen LogP contribution is 2.32. The number of hydrogen-bond donors (Lipinski definition) is 1. The van der Waals surface area contributed by atoms with Gasteiger partial charge in [0.15, 0.2) is 0 Å². The van der Waals surface area contributed by atoms with Gasteiger partial charge in [-0.3, -0.25) is 29.9 Å². The average molecular weight is 410 g/mol. The lowest BCUT2D eigenvalue weighted by Gasteiger charge is -2.35. The Kier molecular flexibility index (Phi) is 5.11. The average Bonchev–Trinajstić information content (AvgIpc) is 2.74. The minimum atomic E-state index is -0.647. The van der Waals surface area contributed by atoms with Crippen molar-refractivity contribution in [2.24, 2.45) is 0 Å². The molecule has 0 unspecified atom stereocenters. The first-order valence-electron chi connectivity index (χ1n) is 9.30. The van der Waals surface area contributed by atoms with Gasteiger partial charge in [-0.2, -0.15) is 0 Å². The maximum Gasteiger partial charge on any atom is 0.299 e. The van der Waals surface area contributed by atoms with Gasteiger partial charge < -0.3 is 9.88 Å². The molecule has 1 aliphatic rings. The van der Waals surface area contributed by atoms with E-state index in [1.165, 1.54) is 12.1 Å². The van der Waals surface area contributed by atoms with E-state index >= 15 is 0 Å². The number of nitro benzene ring substituents is 2. The molecule has 1 N–H and O–H groups in total. The summed E-state index contributed by atoms with van der Waals surface area (Å²) in [5.74, 6) is 0.563. The van der Waals surface area contributed by atoms with Crippen molar-refractivity contribution in [3.8, 4) is 0 Å². The molecule has 30 heavy (non-hydrogen) atoms. The lowest BCUT2D eigenvalue weighted by molar-refractivity contribution is -0.393. The monoisotopic (exact) mass is 410 g/mol. The molecular formula is C19H18N6O5. The second kappa shape index (κ2) is 7.87. The largest absolute Gasteiger partial charge is 0.363 e. The molecule has 2 aromatic carbocycles. The number of hydrogen-bond acceptors (Lipinski definition) is 8. The molecule has 0 saturated carbocycles. The molecule has 0 aliphatic carbocycles. The van der Waals surface area contributed by atoms with Crippen LogP contribution in [0.2, 0.25) is 0 Å². The molecule has 1 aromatic heterocycles. The summed E-state index contributed by atoms with van der Waals surface area (Å²) in [5.41, 5.74) is 0.225. The zero-order chi connectivity index (χ0) is 21.3. The van der Waals surface area contributed by atoms with Gasteiger partial charge in [0.2, 0.25) is 0 Å². The Morgan fingerprint density at radius 2 is 1.73 bits per heavy atom. The summed E-state index contributed by atoms with van der Waals surface area (Å²) in [6.07, 6.45) is 0. The minimum absolute atomic E-state index is 0.184. The Bertz CT molecular complexity index is 1190. The maximum absolute atomic E-state index is 12.2. The van der Waals surface area contributed by atoms with Gasteiger partial charge in [-0.1, -0.05) is 12.1 Å². The number of nitrogens with zero attached hydrogens (tertiary/aromatic N) is 5. The molecule has 0 amide bonds. The molecule has 154 valence electrons. The van der Waals surface area contributed by atoms with E-state index in [1.807, 2.05) is 11.0 Å². The van der Waals surface area contributed by atoms with Crippen LogP contribution in [0.25, 0.3) is 10.9 Å². The number of fused-ring (bicyclic) bond motifs is 1. The first-order chi connectivity index (χ1) is 14.4. The van der Waals surface area contributed by atoms with Crippen LogP contribution in [-0.2, 0) is 6.54 Å². The van der Waals surface area contributed by atoms with E-state index in [0.717, 1.165) is 6.07 Å². The molecule has 11 heteroatoms. The number of para-hydroxylation sites is 1. The third-order valence-electron chi connectivity index (χ3n) is 5.11. The van der Waals surface area contributed by atoms with Crippen molar-refractivity contribution < 1.29 is 9.85 Å². The van der Waals surface area contributed by atoms with Crippen LogP contribution in [-0.4, -0.2) is 50.9 Å². The fraction of sp³-hybridized carbons (Fsp3) is 0.263. The molecule has 0 atom stereocenters. The summed E-state index contributed by atoms with van der Waals surface area (Å²) < 4.78 is 0. The molecule has 0 bridgehead atoms. The molecule has 1 saturated heterocycles. The fourth-order valence-corrected chi connectivity index (χ4v) is 3.61. The van der Waals surface area contributed by atoms with Crippen molar-refractivity contribution in [3.63, 3.8) is 0 Å². The normalized spacial score (nSPS) is 14.7. The number of H-pyrrole nitrogens is 1. The van der Waals surface area contributed by atoms with Crippen LogP contribution < -0.4 is 10.5 Å². The van der Waals surface area contributed by atoms with Crippen molar-refractivity contribution in [1.82, 2.24) is 14.9 Å². The van der Waals surface area contributed by atoms with Gasteiger partial charge >= 0.3 is 0 Å². The Morgan fingerprint density at radius 1 is 1.00 bits per heavy atom. The molecule has 2 heterocycles. The number of anilines is 1. The standard InChI is InChI=1S/C19H18N6O5/c26-19-14-3-1-2-4-15(14)20-18(21-19)12-22-7-9-23(10-8-22)16-6-5-13(24(27)28)11-17(16)25(29)30/h1-6,11H,7-10,12H2,(H,20,21,26). The number of piperazine rings is 1. The van der Waals surface area contributed by atoms with Crippen LogP contribution >= 0.6 is 0 Å². The van der Waals surface area contributed by atoms with Crippen LogP contribution in [0, 0.1) is 20.2 Å². The van der Waals surface area contributed by atoms with E-state index in [-0.39, 0.29) is 16.9 Å². The SMILES string of the molecule is O=c1[nH]c(CN2CCN(c3ccc([N+](=O)[O-])cc3[N+](=O)[O-])CC2)nc2ccccc12. The predicted octanol–water partition coefficient (Wildman–Crippen LogP) is 2.06. The van der Waals surface area contributed by atoms with E-state index in [0.29, 0.717) is 55.1 Å². The quantitative estimate of drug-likeness (QED) is 0.498. The van der Waals surface area contributed by atoms with E-state index < -0.39 is 9.85 Å².